The molecule has 0 radical (unpaired) electrons. The Morgan fingerprint density at radius 3 is 1.89 bits per heavy atom. The fourth-order valence-electron chi connectivity index (χ4n) is 2.06. The molecule has 1 aromatic carbocycles. The summed E-state index contributed by atoms with van der Waals surface area (Å²) >= 11 is 0. The molecule has 1 N–H and O–H groups in total. The quantitative estimate of drug-likeness (QED) is 0.808. The predicted octanol–water partition coefficient (Wildman–Crippen LogP) is 4.84. The summed E-state index contributed by atoms with van der Waals surface area (Å²) in [6.07, 6.45) is 1.56. The topological polar surface area (TPSA) is 20.2 Å². The molecule has 0 saturated heterocycles. The Hall–Kier alpha value is -0.820. The Bertz CT molecular complexity index is 368. The van der Waals surface area contributed by atoms with Crippen molar-refractivity contribution < 1.29 is 5.11 Å². The average Bonchev–Trinajstić information content (AvgIpc) is 2.27. The van der Waals surface area contributed by atoms with E-state index in [0.29, 0.717) is 0 Å². The van der Waals surface area contributed by atoms with Crippen LogP contribution in [-0.4, -0.2) is 5.11 Å². The van der Waals surface area contributed by atoms with Gasteiger partial charge in [-0.25, -0.2) is 0 Å². The van der Waals surface area contributed by atoms with Crippen molar-refractivity contribution in [3.63, 3.8) is 0 Å². The number of aliphatic hydroxyl groups excluding tert-OH is 1. The van der Waals surface area contributed by atoms with Crippen molar-refractivity contribution in [1.82, 2.24) is 0 Å². The van der Waals surface area contributed by atoms with Crippen molar-refractivity contribution in [3.8, 4) is 0 Å². The van der Waals surface area contributed by atoms with Gasteiger partial charge in [0.05, 0.1) is 6.10 Å². The molecule has 0 spiro atoms. The lowest BCUT2D eigenvalue weighted by Gasteiger charge is -2.25. The van der Waals surface area contributed by atoms with Crippen LogP contribution in [0.2, 0.25) is 0 Å². The van der Waals surface area contributed by atoms with Gasteiger partial charge in [0, 0.05) is 0 Å². The third-order valence-corrected chi connectivity index (χ3v) is 3.77. The maximum atomic E-state index is 10.2. The zero-order chi connectivity index (χ0) is 14.0. The van der Waals surface area contributed by atoms with Crippen molar-refractivity contribution in [2.75, 3.05) is 0 Å². The van der Waals surface area contributed by atoms with Crippen molar-refractivity contribution in [2.24, 2.45) is 5.41 Å². The molecule has 1 heteroatoms. The molecule has 0 aromatic heterocycles. The van der Waals surface area contributed by atoms with Crippen LogP contribution in [0.5, 0.6) is 0 Å². The molecule has 0 bridgehead atoms. The van der Waals surface area contributed by atoms with E-state index in [0.717, 1.165) is 18.4 Å². The van der Waals surface area contributed by atoms with E-state index < -0.39 is 0 Å². The summed E-state index contributed by atoms with van der Waals surface area (Å²) in [5.41, 5.74) is 2.74. The van der Waals surface area contributed by atoms with Crippen LogP contribution in [0.25, 0.3) is 0 Å². The number of aliphatic hydroxyl groups is 1. The van der Waals surface area contributed by atoms with Crippen LogP contribution in [0.1, 0.15) is 71.6 Å². The van der Waals surface area contributed by atoms with E-state index in [1.165, 1.54) is 5.56 Å². The third kappa shape index (κ3) is 4.13. The van der Waals surface area contributed by atoms with E-state index in [2.05, 4.69) is 65.8 Å². The molecule has 0 heterocycles. The summed E-state index contributed by atoms with van der Waals surface area (Å²) in [4.78, 5) is 0. The molecule has 18 heavy (non-hydrogen) atoms. The van der Waals surface area contributed by atoms with Gasteiger partial charge in [0.15, 0.2) is 0 Å². The van der Waals surface area contributed by atoms with Crippen molar-refractivity contribution in [1.29, 1.82) is 0 Å². The zero-order valence-electron chi connectivity index (χ0n) is 12.7. The zero-order valence-corrected chi connectivity index (χ0v) is 12.7. The summed E-state index contributed by atoms with van der Waals surface area (Å²) in [6, 6.07) is 8.46. The first-order valence-corrected chi connectivity index (χ1v) is 6.94. The summed E-state index contributed by atoms with van der Waals surface area (Å²) < 4.78 is 0. The molecule has 1 nitrogen and oxygen atoms in total. The molecule has 1 aromatic rings. The van der Waals surface area contributed by atoms with E-state index >= 15 is 0 Å². The van der Waals surface area contributed by atoms with Gasteiger partial charge in [0.1, 0.15) is 0 Å². The maximum absolute atomic E-state index is 10.2. The summed E-state index contributed by atoms with van der Waals surface area (Å²) in [5, 5.41) is 10.2. The van der Waals surface area contributed by atoms with Crippen LogP contribution in [0.3, 0.4) is 0 Å². The van der Waals surface area contributed by atoms with Gasteiger partial charge < -0.3 is 5.11 Å². The Labute approximate surface area is 112 Å². The Kier molecular flexibility index (Phi) is 4.61. The minimum Gasteiger partial charge on any atom is -0.388 e. The standard InChI is InChI=1S/C17H28O/c1-7-17(5,6)14-10-8-13(9-11-14)15(18)12-16(2,3)4/h8-11,15,18H,7,12H2,1-6H3. The van der Waals surface area contributed by atoms with Crippen LogP contribution in [0, 0.1) is 5.41 Å². The van der Waals surface area contributed by atoms with Crippen molar-refractivity contribution in [3.05, 3.63) is 35.4 Å². The summed E-state index contributed by atoms with van der Waals surface area (Å²) in [5.74, 6) is 0. The van der Waals surface area contributed by atoms with Crippen molar-refractivity contribution >= 4 is 0 Å². The Balaban J connectivity index is 2.83. The number of hydrogen-bond acceptors (Lipinski definition) is 1. The van der Waals surface area contributed by atoms with Crippen LogP contribution in [0.15, 0.2) is 24.3 Å². The van der Waals surface area contributed by atoms with Gasteiger partial charge in [-0.05, 0) is 34.8 Å². The molecule has 1 atom stereocenters. The first-order chi connectivity index (χ1) is 8.15. The monoisotopic (exact) mass is 248 g/mol. The molecule has 0 aliphatic carbocycles. The van der Waals surface area contributed by atoms with Gasteiger partial charge in [-0.15, -0.1) is 0 Å². The van der Waals surface area contributed by atoms with Gasteiger partial charge in [-0.3, -0.25) is 0 Å². The smallest absolute Gasteiger partial charge is 0.0795 e. The lowest BCUT2D eigenvalue weighted by atomic mass is 9.81. The third-order valence-electron chi connectivity index (χ3n) is 3.77. The summed E-state index contributed by atoms with van der Waals surface area (Å²) in [7, 11) is 0. The molecule has 1 rings (SSSR count). The first kappa shape index (κ1) is 15.2. The molecular weight excluding hydrogens is 220 g/mol. The first-order valence-electron chi connectivity index (χ1n) is 6.94. The van der Waals surface area contributed by atoms with Gasteiger partial charge in [0.25, 0.3) is 0 Å². The molecule has 0 amide bonds. The van der Waals surface area contributed by atoms with E-state index in [9.17, 15) is 5.11 Å². The number of rotatable bonds is 4. The number of benzene rings is 1. The second-order valence-corrected chi connectivity index (χ2v) is 7.14. The van der Waals surface area contributed by atoms with E-state index in [1.807, 2.05) is 0 Å². The van der Waals surface area contributed by atoms with Crippen LogP contribution in [0.4, 0.5) is 0 Å². The second-order valence-electron chi connectivity index (χ2n) is 7.14. The fourth-order valence-corrected chi connectivity index (χ4v) is 2.06. The van der Waals surface area contributed by atoms with E-state index in [4.69, 9.17) is 0 Å². The fraction of sp³-hybridized carbons (Fsp3) is 0.647. The molecule has 0 saturated carbocycles. The minimum absolute atomic E-state index is 0.154. The van der Waals surface area contributed by atoms with Gasteiger partial charge in [-0.1, -0.05) is 65.8 Å². The van der Waals surface area contributed by atoms with Crippen LogP contribution < -0.4 is 0 Å². The van der Waals surface area contributed by atoms with Crippen LogP contribution >= 0.6 is 0 Å². The highest BCUT2D eigenvalue weighted by molar-refractivity contribution is 5.29. The molecule has 0 aliphatic heterocycles. The largest absolute Gasteiger partial charge is 0.388 e. The highest BCUT2D eigenvalue weighted by atomic mass is 16.3. The highest BCUT2D eigenvalue weighted by Gasteiger charge is 2.20. The summed E-state index contributed by atoms with van der Waals surface area (Å²) in [6.45, 7) is 13.2. The van der Waals surface area contributed by atoms with Crippen LogP contribution in [-0.2, 0) is 5.41 Å². The van der Waals surface area contributed by atoms with Gasteiger partial charge >= 0.3 is 0 Å². The normalized spacial score (nSPS) is 14.6. The molecule has 0 fully saturated rings. The molecule has 102 valence electrons. The Morgan fingerprint density at radius 1 is 1.00 bits per heavy atom. The number of hydrogen-bond donors (Lipinski definition) is 1. The second kappa shape index (κ2) is 5.44. The lowest BCUT2D eigenvalue weighted by Crippen LogP contribution is -2.16. The van der Waals surface area contributed by atoms with E-state index in [-0.39, 0.29) is 16.9 Å². The molecule has 0 aliphatic rings. The lowest BCUT2D eigenvalue weighted by molar-refractivity contribution is 0.122. The maximum Gasteiger partial charge on any atom is 0.0795 e. The molecular formula is C17H28O. The highest BCUT2D eigenvalue weighted by Crippen LogP contribution is 2.31. The van der Waals surface area contributed by atoms with Gasteiger partial charge in [-0.2, -0.15) is 0 Å². The predicted molar refractivity (Wildman–Crippen MR) is 78.8 cm³/mol. The average molecular weight is 248 g/mol. The van der Waals surface area contributed by atoms with Gasteiger partial charge in [0.2, 0.25) is 0 Å². The minimum atomic E-state index is -0.358. The van der Waals surface area contributed by atoms with Crippen molar-refractivity contribution in [2.45, 2.75) is 65.9 Å². The van der Waals surface area contributed by atoms with E-state index in [1.54, 1.807) is 0 Å². The molecule has 1 unspecified atom stereocenters. The SMILES string of the molecule is CCC(C)(C)c1ccc(C(O)CC(C)(C)C)cc1. The Morgan fingerprint density at radius 2 is 1.50 bits per heavy atom.